The van der Waals surface area contributed by atoms with E-state index < -0.39 is 5.82 Å². The summed E-state index contributed by atoms with van der Waals surface area (Å²) in [6, 6.07) is 9.31. The second kappa shape index (κ2) is 6.13. The summed E-state index contributed by atoms with van der Waals surface area (Å²) in [7, 11) is 0. The smallest absolute Gasteiger partial charge is 0.141 e. The van der Waals surface area contributed by atoms with Crippen LogP contribution in [0.3, 0.4) is 0 Å². The molecule has 100 valence electrons. The molecular weight excluding hydrogens is 268 g/mol. The lowest BCUT2D eigenvalue weighted by Crippen LogP contribution is -2.13. The van der Waals surface area contributed by atoms with Crippen LogP contribution in [0.25, 0.3) is 0 Å². The van der Waals surface area contributed by atoms with E-state index in [2.05, 4.69) is 5.32 Å². The highest BCUT2D eigenvalue weighted by molar-refractivity contribution is 6.30. The first kappa shape index (κ1) is 14.0. The number of hydrogen-bond acceptors (Lipinski definition) is 1. The van der Waals surface area contributed by atoms with Crippen molar-refractivity contribution in [2.75, 3.05) is 0 Å². The van der Waals surface area contributed by atoms with Crippen LogP contribution in [0.15, 0.2) is 36.4 Å². The zero-order valence-corrected chi connectivity index (χ0v) is 11.3. The minimum Gasteiger partial charge on any atom is -0.309 e. The molecule has 2 rings (SSSR count). The van der Waals surface area contributed by atoms with Gasteiger partial charge in [-0.1, -0.05) is 23.7 Å². The number of halogens is 3. The van der Waals surface area contributed by atoms with Gasteiger partial charge in [0.25, 0.3) is 0 Å². The molecule has 0 aliphatic rings. The van der Waals surface area contributed by atoms with Gasteiger partial charge in [-0.25, -0.2) is 8.78 Å². The summed E-state index contributed by atoms with van der Waals surface area (Å²) in [4.78, 5) is 0. The van der Waals surface area contributed by atoms with Crippen molar-refractivity contribution in [2.24, 2.45) is 0 Å². The fourth-order valence-corrected chi connectivity index (χ4v) is 2.02. The van der Waals surface area contributed by atoms with Gasteiger partial charge in [0, 0.05) is 13.1 Å². The predicted octanol–water partition coefficient (Wildman–Crippen LogP) is 4.22. The van der Waals surface area contributed by atoms with Crippen molar-refractivity contribution in [3.63, 3.8) is 0 Å². The van der Waals surface area contributed by atoms with Crippen molar-refractivity contribution in [2.45, 2.75) is 20.0 Å². The van der Waals surface area contributed by atoms with E-state index in [1.165, 1.54) is 18.2 Å². The summed E-state index contributed by atoms with van der Waals surface area (Å²) < 4.78 is 26.1. The Balaban J connectivity index is 1.96. The van der Waals surface area contributed by atoms with E-state index in [1.54, 1.807) is 18.2 Å². The van der Waals surface area contributed by atoms with Crippen LogP contribution in [0.5, 0.6) is 0 Å². The van der Waals surface area contributed by atoms with Gasteiger partial charge in [-0.2, -0.15) is 0 Å². The summed E-state index contributed by atoms with van der Waals surface area (Å²) in [6.45, 7) is 3.04. The molecule has 0 aromatic heterocycles. The molecule has 0 amide bonds. The lowest BCUT2D eigenvalue weighted by atomic mass is 10.1. The first-order valence-electron chi connectivity index (χ1n) is 5.96. The fraction of sp³-hybridized carbons (Fsp3) is 0.200. The third kappa shape index (κ3) is 3.75. The minimum absolute atomic E-state index is 0.112. The van der Waals surface area contributed by atoms with E-state index >= 15 is 0 Å². The lowest BCUT2D eigenvalue weighted by molar-refractivity contribution is 0.617. The minimum atomic E-state index is -0.425. The number of benzene rings is 2. The highest BCUT2D eigenvalue weighted by atomic mass is 35.5. The molecule has 0 aliphatic heterocycles. The Bertz CT molecular complexity index is 584. The number of hydrogen-bond donors (Lipinski definition) is 1. The van der Waals surface area contributed by atoms with E-state index in [4.69, 9.17) is 11.6 Å². The molecule has 0 saturated carbocycles. The maximum Gasteiger partial charge on any atom is 0.141 e. The molecule has 1 nitrogen and oxygen atoms in total. The van der Waals surface area contributed by atoms with E-state index in [0.29, 0.717) is 13.1 Å². The van der Waals surface area contributed by atoms with Crippen LogP contribution in [0.1, 0.15) is 16.7 Å². The van der Waals surface area contributed by atoms with E-state index in [-0.39, 0.29) is 10.8 Å². The van der Waals surface area contributed by atoms with Gasteiger partial charge < -0.3 is 5.32 Å². The molecule has 4 heteroatoms. The van der Waals surface area contributed by atoms with Gasteiger partial charge in [0.2, 0.25) is 0 Å². The Labute approximate surface area is 116 Å². The molecule has 0 spiro atoms. The van der Waals surface area contributed by atoms with E-state index in [0.717, 1.165) is 16.7 Å². The molecule has 0 unspecified atom stereocenters. The van der Waals surface area contributed by atoms with Gasteiger partial charge in [0.1, 0.15) is 11.6 Å². The molecule has 2 aromatic rings. The van der Waals surface area contributed by atoms with Crippen molar-refractivity contribution >= 4 is 11.6 Å². The third-order valence-electron chi connectivity index (χ3n) is 2.94. The van der Waals surface area contributed by atoms with Crippen LogP contribution in [0.4, 0.5) is 8.78 Å². The Kier molecular flexibility index (Phi) is 4.51. The number of nitrogens with one attached hydrogen (secondary N) is 1. The molecule has 19 heavy (non-hydrogen) atoms. The van der Waals surface area contributed by atoms with Crippen molar-refractivity contribution in [1.82, 2.24) is 5.32 Å². The monoisotopic (exact) mass is 281 g/mol. The standard InChI is InChI=1S/C15H14ClF2N/c1-10-2-4-13(17)7-12(10)9-19-8-11-3-5-15(18)14(16)6-11/h2-7,19H,8-9H2,1H3. The van der Waals surface area contributed by atoms with Crippen LogP contribution in [-0.2, 0) is 13.1 Å². The van der Waals surface area contributed by atoms with Gasteiger partial charge in [-0.05, 0) is 47.9 Å². The number of rotatable bonds is 4. The Morgan fingerprint density at radius 1 is 1.05 bits per heavy atom. The summed E-state index contributed by atoms with van der Waals surface area (Å²) in [5, 5.41) is 3.30. The highest BCUT2D eigenvalue weighted by Crippen LogP contribution is 2.16. The number of aryl methyl sites for hydroxylation is 1. The molecule has 0 saturated heterocycles. The maximum absolute atomic E-state index is 13.1. The van der Waals surface area contributed by atoms with Crippen molar-refractivity contribution < 1.29 is 8.78 Å². The van der Waals surface area contributed by atoms with Crippen molar-refractivity contribution in [3.05, 3.63) is 69.7 Å². The molecule has 2 aromatic carbocycles. The Morgan fingerprint density at radius 3 is 2.58 bits per heavy atom. The average molecular weight is 282 g/mol. The molecular formula is C15H14ClF2N. The molecule has 0 radical (unpaired) electrons. The van der Waals surface area contributed by atoms with Gasteiger partial charge in [-0.3, -0.25) is 0 Å². The van der Waals surface area contributed by atoms with Gasteiger partial charge in [0.15, 0.2) is 0 Å². The van der Waals surface area contributed by atoms with Gasteiger partial charge in [0.05, 0.1) is 5.02 Å². The fourth-order valence-electron chi connectivity index (χ4n) is 1.82. The zero-order chi connectivity index (χ0) is 13.8. The van der Waals surface area contributed by atoms with E-state index in [1.807, 2.05) is 6.92 Å². The van der Waals surface area contributed by atoms with Crippen LogP contribution < -0.4 is 5.32 Å². The van der Waals surface area contributed by atoms with Gasteiger partial charge >= 0.3 is 0 Å². The zero-order valence-electron chi connectivity index (χ0n) is 10.5. The topological polar surface area (TPSA) is 12.0 Å². The summed E-state index contributed by atoms with van der Waals surface area (Å²) in [5.74, 6) is -0.668. The van der Waals surface area contributed by atoms with Crippen LogP contribution >= 0.6 is 11.6 Å². The largest absolute Gasteiger partial charge is 0.309 e. The van der Waals surface area contributed by atoms with Gasteiger partial charge in [-0.15, -0.1) is 0 Å². The second-order valence-corrected chi connectivity index (χ2v) is 4.83. The van der Waals surface area contributed by atoms with Crippen LogP contribution in [0.2, 0.25) is 5.02 Å². The predicted molar refractivity (Wildman–Crippen MR) is 73.1 cm³/mol. The third-order valence-corrected chi connectivity index (χ3v) is 3.23. The molecule has 0 heterocycles. The first-order valence-corrected chi connectivity index (χ1v) is 6.34. The molecule has 0 fully saturated rings. The summed E-state index contributed by atoms with van der Waals surface area (Å²) in [6.07, 6.45) is 0. The Morgan fingerprint density at radius 2 is 1.84 bits per heavy atom. The van der Waals surface area contributed by atoms with Crippen molar-refractivity contribution in [1.29, 1.82) is 0 Å². The molecule has 0 bridgehead atoms. The van der Waals surface area contributed by atoms with E-state index in [9.17, 15) is 8.78 Å². The molecule has 1 N–H and O–H groups in total. The summed E-state index contributed by atoms with van der Waals surface area (Å²) >= 11 is 5.70. The molecule has 0 aliphatic carbocycles. The molecule has 0 atom stereocenters. The Hall–Kier alpha value is -1.45. The quantitative estimate of drug-likeness (QED) is 0.885. The lowest BCUT2D eigenvalue weighted by Gasteiger charge is -2.08. The average Bonchev–Trinajstić information content (AvgIpc) is 2.38. The SMILES string of the molecule is Cc1ccc(F)cc1CNCc1ccc(F)c(Cl)c1. The maximum atomic E-state index is 13.1. The summed E-state index contributed by atoms with van der Waals surface area (Å²) in [5.41, 5.74) is 2.83. The first-order chi connectivity index (χ1) is 9.06. The van der Waals surface area contributed by atoms with Crippen LogP contribution in [-0.4, -0.2) is 0 Å². The normalized spacial score (nSPS) is 10.7. The highest BCUT2D eigenvalue weighted by Gasteiger charge is 2.02. The van der Waals surface area contributed by atoms with Crippen molar-refractivity contribution in [3.8, 4) is 0 Å². The van der Waals surface area contributed by atoms with Crippen LogP contribution in [0, 0.1) is 18.6 Å². The second-order valence-electron chi connectivity index (χ2n) is 4.42.